The Morgan fingerprint density at radius 1 is 0.855 bits per heavy atom. The quantitative estimate of drug-likeness (QED) is 0.133. The largest absolute Gasteiger partial charge is 0.481 e. The van der Waals surface area contributed by atoms with Crippen molar-refractivity contribution in [1.82, 2.24) is 25.4 Å². The molecule has 2 aromatic rings. The van der Waals surface area contributed by atoms with E-state index in [-0.39, 0.29) is 54.0 Å². The number of amides is 4. The SMILES string of the molecule is CC[C@H](C)[C@H](NC(=O)C(C(C)C)N(C)C(=O)C(C)C)C(=O)N(C)C(C[C@@H](OC(C)=O)c1nc(C(=O)N[C@@H](Cc2ccccc2)CC(C)C(=O)O)cs1)C(C)C. The number of likely N-dealkylation sites (N-methyl/N-ethyl adjacent to an activating group) is 2. The maximum atomic E-state index is 14.3. The fourth-order valence-corrected chi connectivity index (χ4v) is 7.53. The molecule has 0 spiro atoms. The van der Waals surface area contributed by atoms with E-state index in [1.54, 1.807) is 45.1 Å². The average Bonchev–Trinajstić information content (AvgIpc) is 3.61. The molecule has 1 aromatic heterocycles. The molecule has 3 unspecified atom stereocenters. The first-order valence-corrected chi connectivity index (χ1v) is 20.1. The van der Waals surface area contributed by atoms with Crippen LogP contribution in [0.1, 0.15) is 116 Å². The van der Waals surface area contributed by atoms with Crippen LogP contribution in [0.5, 0.6) is 0 Å². The van der Waals surface area contributed by atoms with Crippen molar-refractivity contribution in [3.05, 3.63) is 52.0 Å². The Bertz CT molecular complexity index is 1600. The Morgan fingerprint density at radius 3 is 1.98 bits per heavy atom. The van der Waals surface area contributed by atoms with Crippen LogP contribution in [0.15, 0.2) is 35.7 Å². The van der Waals surface area contributed by atoms with Gasteiger partial charge in [-0.05, 0) is 36.2 Å². The van der Waals surface area contributed by atoms with Crippen LogP contribution < -0.4 is 10.6 Å². The number of carboxylic acids is 1. The van der Waals surface area contributed by atoms with Crippen LogP contribution in [-0.4, -0.2) is 93.7 Å². The Hall–Kier alpha value is -4.33. The highest BCUT2D eigenvalue weighted by Gasteiger charge is 2.38. The number of nitrogens with one attached hydrogen (secondary N) is 2. The first-order chi connectivity index (χ1) is 25.7. The van der Waals surface area contributed by atoms with Gasteiger partial charge < -0.3 is 30.3 Å². The van der Waals surface area contributed by atoms with E-state index in [9.17, 15) is 33.9 Å². The Morgan fingerprint density at radius 2 is 1.47 bits per heavy atom. The number of rotatable bonds is 21. The molecule has 0 aliphatic heterocycles. The summed E-state index contributed by atoms with van der Waals surface area (Å²) >= 11 is 1.15. The summed E-state index contributed by atoms with van der Waals surface area (Å²) < 4.78 is 5.77. The van der Waals surface area contributed by atoms with Crippen LogP contribution in [0, 0.1) is 29.6 Å². The number of aliphatic carboxylic acids is 1. The van der Waals surface area contributed by atoms with E-state index < -0.39 is 59.9 Å². The summed E-state index contributed by atoms with van der Waals surface area (Å²) in [6.45, 7) is 17.9. The van der Waals surface area contributed by atoms with Crippen molar-refractivity contribution in [2.45, 2.75) is 125 Å². The van der Waals surface area contributed by atoms with Gasteiger partial charge in [-0.25, -0.2) is 4.98 Å². The summed E-state index contributed by atoms with van der Waals surface area (Å²) in [6.07, 6.45) is 0.517. The molecule has 0 aliphatic carbocycles. The minimum Gasteiger partial charge on any atom is -0.481 e. The standard InChI is InChI=1S/C41H63N5O8S/c1-13-26(8)34(44-37(49)35(24(4)5)46(12)39(50)25(6)7)40(51)45(11)32(23(2)3)21-33(54-28(10)47)38-43-31(22-55-38)36(48)42-30(19-27(9)41(52)53)20-29-17-15-14-16-18-29/h14-18,22-27,30,32-35H,13,19-21H2,1-12H3,(H,42,48)(H,44,49)(H,52,53)/t26-,27?,30+,32?,33+,34-,35?/m0/s1. The number of carbonyl (C=O) groups excluding carboxylic acids is 5. The lowest BCUT2D eigenvalue weighted by Crippen LogP contribution is -2.59. The van der Waals surface area contributed by atoms with Crippen LogP contribution in [0.4, 0.5) is 0 Å². The van der Waals surface area contributed by atoms with Crippen molar-refractivity contribution in [1.29, 1.82) is 0 Å². The third-order valence-corrected chi connectivity index (χ3v) is 11.0. The average molecular weight is 786 g/mol. The van der Waals surface area contributed by atoms with Gasteiger partial charge in [0.1, 0.15) is 22.8 Å². The van der Waals surface area contributed by atoms with Gasteiger partial charge in [-0.15, -0.1) is 11.3 Å². The van der Waals surface area contributed by atoms with E-state index in [4.69, 9.17) is 4.74 Å². The van der Waals surface area contributed by atoms with Gasteiger partial charge in [-0.1, -0.05) is 99.1 Å². The second-order valence-corrected chi connectivity index (χ2v) is 16.6. The molecule has 7 atom stereocenters. The van der Waals surface area contributed by atoms with E-state index in [1.807, 2.05) is 71.9 Å². The molecule has 0 aliphatic rings. The molecule has 3 N–H and O–H groups in total. The highest BCUT2D eigenvalue weighted by molar-refractivity contribution is 7.09. The first kappa shape index (κ1) is 46.8. The molecule has 2 rings (SSSR count). The Kier molecular flexibility index (Phi) is 18.5. The van der Waals surface area contributed by atoms with Crippen molar-refractivity contribution in [2.24, 2.45) is 29.6 Å². The van der Waals surface area contributed by atoms with E-state index >= 15 is 0 Å². The fraction of sp³-hybridized carbons (Fsp3) is 0.634. The van der Waals surface area contributed by atoms with Crippen LogP contribution in [0.2, 0.25) is 0 Å². The number of nitrogens with zero attached hydrogens (tertiary/aromatic N) is 3. The molecule has 0 saturated heterocycles. The third-order valence-electron chi connectivity index (χ3n) is 10.1. The van der Waals surface area contributed by atoms with Gasteiger partial charge in [0.25, 0.3) is 5.91 Å². The lowest BCUT2D eigenvalue weighted by atomic mass is 9.92. The van der Waals surface area contributed by atoms with Crippen LogP contribution >= 0.6 is 11.3 Å². The monoisotopic (exact) mass is 785 g/mol. The predicted octanol–water partition coefficient (Wildman–Crippen LogP) is 5.74. The van der Waals surface area contributed by atoms with Crippen LogP contribution in [-0.2, 0) is 35.1 Å². The number of hydrogen-bond donors (Lipinski definition) is 3. The van der Waals surface area contributed by atoms with Gasteiger partial charge in [-0.3, -0.25) is 28.8 Å². The molecule has 0 fully saturated rings. The topological polar surface area (TPSA) is 175 Å². The molecule has 1 heterocycles. The zero-order valence-electron chi connectivity index (χ0n) is 34.6. The maximum Gasteiger partial charge on any atom is 0.306 e. The van der Waals surface area contributed by atoms with Crippen molar-refractivity contribution in [2.75, 3.05) is 14.1 Å². The number of benzene rings is 1. The van der Waals surface area contributed by atoms with Gasteiger partial charge in [-0.2, -0.15) is 0 Å². The Balaban J connectivity index is 2.37. The minimum absolute atomic E-state index is 0.101. The number of esters is 1. The lowest BCUT2D eigenvalue weighted by molar-refractivity contribution is -0.149. The van der Waals surface area contributed by atoms with Gasteiger partial charge in [0, 0.05) is 50.8 Å². The van der Waals surface area contributed by atoms with E-state index in [0.29, 0.717) is 17.8 Å². The van der Waals surface area contributed by atoms with Crippen molar-refractivity contribution < 1.29 is 38.6 Å². The summed E-state index contributed by atoms with van der Waals surface area (Å²) in [5, 5.41) is 17.4. The zero-order valence-corrected chi connectivity index (χ0v) is 35.4. The molecule has 55 heavy (non-hydrogen) atoms. The number of thiazole rings is 1. The second kappa shape index (κ2) is 21.7. The van der Waals surface area contributed by atoms with E-state index in [0.717, 1.165) is 16.9 Å². The van der Waals surface area contributed by atoms with Gasteiger partial charge in [0.2, 0.25) is 17.7 Å². The van der Waals surface area contributed by atoms with Crippen molar-refractivity contribution in [3.8, 4) is 0 Å². The van der Waals surface area contributed by atoms with Crippen LogP contribution in [0.25, 0.3) is 0 Å². The lowest BCUT2D eigenvalue weighted by Gasteiger charge is -2.38. The van der Waals surface area contributed by atoms with E-state index in [2.05, 4.69) is 15.6 Å². The smallest absolute Gasteiger partial charge is 0.306 e. The van der Waals surface area contributed by atoms with E-state index in [1.165, 1.54) is 11.8 Å². The summed E-state index contributed by atoms with van der Waals surface area (Å²) in [5.74, 6) is -4.45. The van der Waals surface area contributed by atoms with Gasteiger partial charge in [0.15, 0.2) is 6.10 Å². The van der Waals surface area contributed by atoms with Crippen molar-refractivity contribution >= 4 is 46.9 Å². The third kappa shape index (κ3) is 13.7. The molecule has 0 radical (unpaired) electrons. The van der Waals surface area contributed by atoms with Crippen molar-refractivity contribution in [3.63, 3.8) is 0 Å². The first-order valence-electron chi connectivity index (χ1n) is 19.2. The fourth-order valence-electron chi connectivity index (χ4n) is 6.69. The normalized spacial score (nSPS) is 15.3. The molecule has 13 nitrogen and oxygen atoms in total. The molecule has 4 amide bonds. The number of ether oxygens (including phenoxy) is 1. The van der Waals surface area contributed by atoms with Gasteiger partial charge >= 0.3 is 11.9 Å². The summed E-state index contributed by atoms with van der Waals surface area (Å²) in [5.41, 5.74) is 1.05. The Labute approximate surface area is 331 Å². The summed E-state index contributed by atoms with van der Waals surface area (Å²) in [4.78, 5) is 86.2. The number of carboxylic acid groups (broad SMARTS) is 1. The molecule has 0 saturated carbocycles. The second-order valence-electron chi connectivity index (χ2n) is 15.7. The molecular formula is C41H63N5O8S. The summed E-state index contributed by atoms with van der Waals surface area (Å²) in [6, 6.07) is 6.86. The molecule has 14 heteroatoms. The number of hydrogen-bond acceptors (Lipinski definition) is 9. The number of carbonyl (C=O) groups is 6. The minimum atomic E-state index is -0.959. The molecule has 0 bridgehead atoms. The maximum absolute atomic E-state index is 14.3. The predicted molar refractivity (Wildman–Crippen MR) is 213 cm³/mol. The highest BCUT2D eigenvalue weighted by atomic mass is 32.1. The molecule has 306 valence electrons. The zero-order chi connectivity index (χ0) is 41.7. The highest BCUT2D eigenvalue weighted by Crippen LogP contribution is 2.31. The number of aromatic nitrogens is 1. The molecular weight excluding hydrogens is 723 g/mol. The van der Waals surface area contributed by atoms with Crippen LogP contribution in [0.3, 0.4) is 0 Å². The van der Waals surface area contributed by atoms with Gasteiger partial charge in [0.05, 0.1) is 5.92 Å². The summed E-state index contributed by atoms with van der Waals surface area (Å²) in [7, 11) is 3.28. The molecule has 1 aromatic carbocycles.